The number of carbonyl (C=O) groups excluding carboxylic acids is 1. The number of hydrogen-bond donors (Lipinski definition) is 1. The Labute approximate surface area is 223 Å². The van der Waals surface area contributed by atoms with Crippen LogP contribution in [0.15, 0.2) is 59.0 Å². The highest BCUT2D eigenvalue weighted by atomic mass is 16.5. The monoisotopic (exact) mass is 516 g/mol. The lowest BCUT2D eigenvalue weighted by Crippen LogP contribution is -2.33. The molecule has 1 unspecified atom stereocenters. The molecule has 0 bridgehead atoms. The third-order valence-corrected chi connectivity index (χ3v) is 8.03. The van der Waals surface area contributed by atoms with Gasteiger partial charge in [0, 0.05) is 31.5 Å². The van der Waals surface area contributed by atoms with Crippen LogP contribution < -0.4 is 4.74 Å². The van der Waals surface area contributed by atoms with Crippen molar-refractivity contribution in [1.29, 1.82) is 0 Å². The predicted molar refractivity (Wildman–Crippen MR) is 144 cm³/mol. The van der Waals surface area contributed by atoms with Gasteiger partial charge in [-0.3, -0.25) is 9.59 Å². The van der Waals surface area contributed by atoms with Crippen molar-refractivity contribution in [3.63, 3.8) is 0 Å². The first kappa shape index (κ1) is 26.0. The molecule has 1 amide bonds. The third-order valence-electron chi connectivity index (χ3n) is 8.03. The van der Waals surface area contributed by atoms with Gasteiger partial charge in [-0.15, -0.1) is 0 Å². The van der Waals surface area contributed by atoms with Crippen LogP contribution in [0.25, 0.3) is 11.5 Å². The summed E-state index contributed by atoms with van der Waals surface area (Å²) in [7, 11) is 0. The molecule has 2 fully saturated rings. The van der Waals surface area contributed by atoms with E-state index in [9.17, 15) is 14.7 Å². The van der Waals surface area contributed by atoms with E-state index in [0.717, 1.165) is 35.7 Å². The number of nitrogens with zero attached hydrogens (tertiary/aromatic N) is 2. The number of hydrogen-bond acceptors (Lipinski definition) is 5. The van der Waals surface area contributed by atoms with E-state index in [-0.39, 0.29) is 12.3 Å². The molecule has 3 aromatic rings. The Morgan fingerprint density at radius 2 is 1.74 bits per heavy atom. The van der Waals surface area contributed by atoms with E-state index < -0.39 is 11.9 Å². The molecule has 2 aromatic carbocycles. The summed E-state index contributed by atoms with van der Waals surface area (Å²) in [5, 5.41) is 9.80. The highest BCUT2D eigenvalue weighted by Gasteiger charge is 2.37. The maximum atomic E-state index is 12.9. The maximum absolute atomic E-state index is 12.9. The first-order valence-corrected chi connectivity index (χ1v) is 13.7. The van der Waals surface area contributed by atoms with Crippen molar-refractivity contribution in [1.82, 2.24) is 9.88 Å². The van der Waals surface area contributed by atoms with E-state index in [0.29, 0.717) is 42.9 Å². The number of likely N-dealkylation sites (tertiary alicyclic amines) is 1. The standard InChI is InChI=1S/C31H36N2O5/c1-21-28(32-30(38-21)23-7-3-2-4-8-23)15-16-37-27-13-11-22(12-14-27)17-26(31(35)36)18-29(34)33-19-24-9-5-6-10-25(24)20-33/h2-4,7-8,11-14,24-26H,5-6,9-10,15-20H2,1H3,(H,35,36)/t24-,25+,26?. The van der Waals surface area contributed by atoms with Crippen molar-refractivity contribution in [2.45, 2.75) is 51.9 Å². The molecule has 0 radical (unpaired) electrons. The lowest BCUT2D eigenvalue weighted by atomic mass is 9.82. The first-order valence-electron chi connectivity index (χ1n) is 13.7. The van der Waals surface area contributed by atoms with Gasteiger partial charge in [0.2, 0.25) is 11.8 Å². The van der Waals surface area contributed by atoms with Crippen LogP contribution >= 0.6 is 0 Å². The topological polar surface area (TPSA) is 92.9 Å². The van der Waals surface area contributed by atoms with Crippen molar-refractivity contribution < 1.29 is 23.8 Å². The minimum Gasteiger partial charge on any atom is -0.493 e. The molecule has 1 saturated carbocycles. The van der Waals surface area contributed by atoms with Gasteiger partial charge in [0.25, 0.3) is 0 Å². The number of carbonyl (C=O) groups is 2. The van der Waals surface area contributed by atoms with Gasteiger partial charge in [-0.1, -0.05) is 43.2 Å². The number of ether oxygens (including phenoxy) is 1. The van der Waals surface area contributed by atoms with Gasteiger partial charge in [0.1, 0.15) is 11.5 Å². The molecular weight excluding hydrogens is 480 g/mol. The quantitative estimate of drug-likeness (QED) is 0.380. The van der Waals surface area contributed by atoms with E-state index >= 15 is 0 Å². The third kappa shape index (κ3) is 6.26. The number of aryl methyl sites for hydroxylation is 1. The van der Waals surface area contributed by atoms with Gasteiger partial charge in [-0.25, -0.2) is 4.98 Å². The molecule has 1 aliphatic heterocycles. The summed E-state index contributed by atoms with van der Waals surface area (Å²) in [6.07, 6.45) is 5.87. The molecule has 0 spiro atoms. The zero-order valence-corrected chi connectivity index (χ0v) is 22.0. The number of aliphatic carboxylic acids is 1. The van der Waals surface area contributed by atoms with Crippen LogP contribution in [0.1, 0.15) is 49.1 Å². The van der Waals surface area contributed by atoms with Crippen LogP contribution in [0.5, 0.6) is 5.75 Å². The van der Waals surface area contributed by atoms with E-state index in [2.05, 4.69) is 4.98 Å². The smallest absolute Gasteiger partial charge is 0.307 e. The summed E-state index contributed by atoms with van der Waals surface area (Å²) in [6, 6.07) is 17.3. The Morgan fingerprint density at radius 3 is 2.39 bits per heavy atom. The SMILES string of the molecule is Cc1oc(-c2ccccc2)nc1CCOc1ccc(CC(CC(=O)N2C[C@H]3CCCC[C@H]3C2)C(=O)O)cc1. The van der Waals surface area contributed by atoms with E-state index in [1.54, 1.807) is 0 Å². The van der Waals surface area contributed by atoms with Crippen molar-refractivity contribution in [2.75, 3.05) is 19.7 Å². The van der Waals surface area contributed by atoms with Crippen LogP contribution in [-0.4, -0.2) is 46.6 Å². The number of carboxylic acid groups (broad SMARTS) is 1. The number of fused-ring (bicyclic) bond motifs is 1. The van der Waals surface area contributed by atoms with Crippen LogP contribution in [-0.2, 0) is 22.4 Å². The van der Waals surface area contributed by atoms with Gasteiger partial charge in [0.05, 0.1) is 18.2 Å². The van der Waals surface area contributed by atoms with E-state index in [1.165, 1.54) is 25.7 Å². The average Bonchev–Trinajstić information content (AvgIpc) is 3.53. The highest BCUT2D eigenvalue weighted by molar-refractivity contribution is 5.82. The normalized spacial score (nSPS) is 19.7. The van der Waals surface area contributed by atoms with Crippen molar-refractivity contribution in [3.8, 4) is 17.2 Å². The summed E-state index contributed by atoms with van der Waals surface area (Å²) in [6.45, 7) is 3.95. The molecule has 7 heteroatoms. The number of carboxylic acids is 1. The molecule has 2 aliphatic rings. The van der Waals surface area contributed by atoms with Crippen LogP contribution in [0.2, 0.25) is 0 Å². The average molecular weight is 517 g/mol. The molecule has 7 nitrogen and oxygen atoms in total. The van der Waals surface area contributed by atoms with Crippen LogP contribution in [0, 0.1) is 24.7 Å². The number of rotatable bonds is 10. The second kappa shape index (κ2) is 11.8. The minimum atomic E-state index is -0.923. The summed E-state index contributed by atoms with van der Waals surface area (Å²) >= 11 is 0. The zero-order valence-electron chi connectivity index (χ0n) is 22.0. The molecular formula is C31H36N2O5. The highest BCUT2D eigenvalue weighted by Crippen LogP contribution is 2.36. The lowest BCUT2D eigenvalue weighted by molar-refractivity contribution is -0.145. The number of aromatic nitrogens is 1. The number of amides is 1. The Morgan fingerprint density at radius 1 is 1.05 bits per heavy atom. The molecule has 5 rings (SSSR count). The van der Waals surface area contributed by atoms with Crippen LogP contribution in [0.3, 0.4) is 0 Å². The van der Waals surface area contributed by atoms with E-state index in [1.807, 2.05) is 66.4 Å². The first-order chi connectivity index (χ1) is 18.5. The molecule has 1 saturated heterocycles. The second-order valence-corrected chi connectivity index (χ2v) is 10.7. The van der Waals surface area contributed by atoms with Gasteiger partial charge in [-0.05, 0) is 67.9 Å². The molecule has 38 heavy (non-hydrogen) atoms. The molecule has 1 N–H and O–H groups in total. The van der Waals surface area contributed by atoms with Gasteiger partial charge in [-0.2, -0.15) is 0 Å². The number of benzene rings is 2. The number of oxazole rings is 1. The Bertz CT molecular complexity index is 1220. The summed E-state index contributed by atoms with van der Waals surface area (Å²) < 4.78 is 11.7. The second-order valence-electron chi connectivity index (χ2n) is 10.7. The van der Waals surface area contributed by atoms with Crippen molar-refractivity contribution in [3.05, 3.63) is 71.6 Å². The van der Waals surface area contributed by atoms with E-state index in [4.69, 9.17) is 9.15 Å². The Kier molecular flexibility index (Phi) is 8.11. The van der Waals surface area contributed by atoms with Crippen LogP contribution in [0.4, 0.5) is 0 Å². The molecule has 1 aromatic heterocycles. The lowest BCUT2D eigenvalue weighted by Gasteiger charge is -2.22. The zero-order chi connectivity index (χ0) is 26.5. The van der Waals surface area contributed by atoms with Gasteiger partial charge >= 0.3 is 5.97 Å². The van der Waals surface area contributed by atoms with Gasteiger partial charge < -0.3 is 19.2 Å². The maximum Gasteiger partial charge on any atom is 0.307 e. The Balaban J connectivity index is 1.11. The summed E-state index contributed by atoms with van der Waals surface area (Å²) in [4.78, 5) is 31.4. The van der Waals surface area contributed by atoms with Gasteiger partial charge in [0.15, 0.2) is 0 Å². The fourth-order valence-electron chi connectivity index (χ4n) is 5.83. The molecule has 200 valence electrons. The van der Waals surface area contributed by atoms with Crippen molar-refractivity contribution >= 4 is 11.9 Å². The van der Waals surface area contributed by atoms with Crippen molar-refractivity contribution in [2.24, 2.45) is 17.8 Å². The largest absolute Gasteiger partial charge is 0.493 e. The molecule has 2 heterocycles. The fraction of sp³-hybridized carbons (Fsp3) is 0.452. The fourth-order valence-corrected chi connectivity index (χ4v) is 5.83. The molecule has 1 aliphatic carbocycles. The summed E-state index contributed by atoms with van der Waals surface area (Å²) in [5.74, 6) is 1.62. The predicted octanol–water partition coefficient (Wildman–Crippen LogP) is 5.55. The molecule has 3 atom stereocenters. The Hall–Kier alpha value is -3.61. The minimum absolute atomic E-state index is 0.0228. The summed E-state index contributed by atoms with van der Waals surface area (Å²) in [5.41, 5.74) is 2.69.